The maximum absolute atomic E-state index is 14.2. The largest absolute Gasteiger partial charge is 0.418 e. The smallest absolute Gasteiger partial charge is 0.379 e. The number of rotatable bonds is 6. The van der Waals surface area contributed by atoms with E-state index >= 15 is 0 Å². The fraction of sp³-hybridized carbons (Fsp3) is 0.333. The van der Waals surface area contributed by atoms with Gasteiger partial charge in [-0.1, -0.05) is 44.2 Å². The van der Waals surface area contributed by atoms with Crippen molar-refractivity contribution in [1.82, 2.24) is 4.57 Å². The lowest BCUT2D eigenvalue weighted by Gasteiger charge is -2.38. The van der Waals surface area contributed by atoms with Crippen molar-refractivity contribution in [3.8, 4) is 0 Å². The molecule has 0 spiro atoms. The monoisotopic (exact) mass is 430 g/mol. The summed E-state index contributed by atoms with van der Waals surface area (Å²) in [5.74, 6) is 0. The Morgan fingerprint density at radius 3 is 2.39 bits per heavy atom. The molecule has 2 aromatic carbocycles. The molecule has 1 aromatic heterocycles. The molecule has 0 bridgehead atoms. The first kappa shape index (κ1) is 22.7. The second-order valence-corrected chi connectivity index (χ2v) is 8.62. The van der Waals surface area contributed by atoms with Gasteiger partial charge in [-0.05, 0) is 48.1 Å². The normalized spacial score (nSPS) is 14.4. The third-order valence-electron chi connectivity index (χ3n) is 5.66. The highest BCUT2D eigenvalue weighted by atomic mass is 19.4. The maximum atomic E-state index is 14.2. The molecule has 1 unspecified atom stereocenters. The molecule has 0 radical (unpaired) electrons. The van der Waals surface area contributed by atoms with E-state index in [0.29, 0.717) is 27.7 Å². The molecule has 0 amide bonds. The number of fused-ring (bicyclic) bond motifs is 1. The Morgan fingerprint density at radius 2 is 1.74 bits per heavy atom. The van der Waals surface area contributed by atoms with Gasteiger partial charge < -0.3 is 15.1 Å². The van der Waals surface area contributed by atoms with E-state index < -0.39 is 30.2 Å². The van der Waals surface area contributed by atoms with Gasteiger partial charge in [0.05, 0.1) is 12.1 Å². The molecule has 0 saturated carbocycles. The minimum absolute atomic E-state index is 0.290. The van der Waals surface area contributed by atoms with Gasteiger partial charge in [0, 0.05) is 23.4 Å². The van der Waals surface area contributed by atoms with Crippen LogP contribution in [0.25, 0.3) is 10.9 Å². The van der Waals surface area contributed by atoms with Crippen LogP contribution in [0, 0.1) is 5.41 Å². The van der Waals surface area contributed by atoms with E-state index in [2.05, 4.69) is 0 Å². The van der Waals surface area contributed by atoms with Crippen LogP contribution in [-0.2, 0) is 12.0 Å². The number of nitrogens with one attached hydrogen (secondary N) is 1. The van der Waals surface area contributed by atoms with Crippen LogP contribution in [0.15, 0.2) is 65.6 Å². The average molecular weight is 430 g/mol. The van der Waals surface area contributed by atoms with Gasteiger partial charge in [0.15, 0.2) is 11.0 Å². The molecule has 31 heavy (non-hydrogen) atoms. The fourth-order valence-electron chi connectivity index (χ4n) is 3.93. The lowest BCUT2D eigenvalue weighted by Crippen LogP contribution is -2.52. The minimum Gasteiger partial charge on any atom is -0.379 e. The number of halogens is 3. The van der Waals surface area contributed by atoms with E-state index in [1.165, 1.54) is 16.8 Å². The number of benzene rings is 2. The van der Waals surface area contributed by atoms with Crippen molar-refractivity contribution in [2.45, 2.75) is 50.9 Å². The highest BCUT2D eigenvalue weighted by molar-refractivity contribution is 5.96. The summed E-state index contributed by atoms with van der Waals surface area (Å²) in [6.07, 6.45) is -4.21. The van der Waals surface area contributed by atoms with Crippen molar-refractivity contribution in [2.24, 2.45) is 0 Å². The Morgan fingerprint density at radius 1 is 1.06 bits per heavy atom. The summed E-state index contributed by atoms with van der Waals surface area (Å²) < 4.78 is 43.8. The Kier molecular flexibility index (Phi) is 5.84. The molecule has 2 N–H and O–H groups in total. The molecule has 0 fully saturated rings. The standard InChI is InChI=1S/C24H25F3N2O2/c1-16(28)17-7-6-8-18(13-17)22(2,3)14-23(31,24(25,26)27)15-29-12-11-21(30)19-9-4-5-10-20(19)29/h4-13,28,31H,14-15H2,1-3H3. The van der Waals surface area contributed by atoms with Gasteiger partial charge in [0.2, 0.25) is 0 Å². The van der Waals surface area contributed by atoms with E-state index in [4.69, 9.17) is 5.41 Å². The predicted octanol–water partition coefficient (Wildman–Crippen LogP) is 5.05. The van der Waals surface area contributed by atoms with Crippen molar-refractivity contribution in [1.29, 1.82) is 5.41 Å². The van der Waals surface area contributed by atoms with Gasteiger partial charge in [-0.2, -0.15) is 13.2 Å². The van der Waals surface area contributed by atoms with Gasteiger partial charge in [-0.15, -0.1) is 0 Å². The average Bonchev–Trinajstić information content (AvgIpc) is 2.69. The third kappa shape index (κ3) is 4.56. The number of hydrogen-bond donors (Lipinski definition) is 2. The summed E-state index contributed by atoms with van der Waals surface area (Å²) in [6.45, 7) is 4.15. The molecule has 1 atom stereocenters. The molecule has 7 heteroatoms. The van der Waals surface area contributed by atoms with E-state index in [0.717, 1.165) is 0 Å². The summed E-state index contributed by atoms with van der Waals surface area (Å²) >= 11 is 0. The number of aliphatic hydroxyl groups is 1. The van der Waals surface area contributed by atoms with Crippen molar-refractivity contribution in [3.63, 3.8) is 0 Å². The van der Waals surface area contributed by atoms with E-state index in [9.17, 15) is 23.1 Å². The second-order valence-electron chi connectivity index (χ2n) is 8.62. The molecule has 0 aliphatic heterocycles. The summed E-state index contributed by atoms with van der Waals surface area (Å²) in [7, 11) is 0. The quantitative estimate of drug-likeness (QED) is 0.538. The second kappa shape index (κ2) is 7.96. The molecule has 3 rings (SSSR count). The summed E-state index contributed by atoms with van der Waals surface area (Å²) in [6, 6.07) is 14.4. The predicted molar refractivity (Wildman–Crippen MR) is 116 cm³/mol. The molecule has 4 nitrogen and oxygen atoms in total. The lowest BCUT2D eigenvalue weighted by atomic mass is 9.74. The molecule has 164 valence electrons. The minimum atomic E-state index is -4.90. The van der Waals surface area contributed by atoms with Crippen molar-refractivity contribution < 1.29 is 18.3 Å². The third-order valence-corrected chi connectivity index (χ3v) is 5.66. The van der Waals surface area contributed by atoms with Gasteiger partial charge >= 0.3 is 6.18 Å². The van der Waals surface area contributed by atoms with Gasteiger partial charge in [0.25, 0.3) is 0 Å². The zero-order valence-electron chi connectivity index (χ0n) is 17.6. The Balaban J connectivity index is 2.04. The van der Waals surface area contributed by atoms with E-state index in [1.807, 2.05) is 0 Å². The van der Waals surface area contributed by atoms with Crippen molar-refractivity contribution >= 4 is 16.6 Å². The molecule has 0 aliphatic carbocycles. The highest BCUT2D eigenvalue weighted by Crippen LogP contribution is 2.42. The molecular formula is C24H25F3N2O2. The summed E-state index contributed by atoms with van der Waals surface area (Å²) in [5, 5.41) is 19.0. The summed E-state index contributed by atoms with van der Waals surface area (Å²) in [5.41, 5.74) is -2.51. The van der Waals surface area contributed by atoms with Gasteiger partial charge in [-0.25, -0.2) is 0 Å². The van der Waals surface area contributed by atoms with E-state index in [-0.39, 0.29) is 5.43 Å². The van der Waals surface area contributed by atoms with Crippen LogP contribution in [0.5, 0.6) is 0 Å². The number of pyridine rings is 1. The van der Waals surface area contributed by atoms with Crippen LogP contribution >= 0.6 is 0 Å². The highest BCUT2D eigenvalue weighted by Gasteiger charge is 2.56. The summed E-state index contributed by atoms with van der Waals surface area (Å²) in [4.78, 5) is 12.1. The number of aromatic nitrogens is 1. The SMILES string of the molecule is CC(=N)c1cccc(C(C)(C)CC(O)(Cn2ccc(=O)c3ccccc32)C(F)(F)F)c1. The zero-order chi connectivity index (χ0) is 23.0. The number of nitrogens with zero attached hydrogens (tertiary/aromatic N) is 1. The Hall–Kier alpha value is -2.93. The maximum Gasteiger partial charge on any atom is 0.418 e. The fourth-order valence-corrected chi connectivity index (χ4v) is 3.93. The number of alkyl halides is 3. The van der Waals surface area contributed by atoms with Crippen molar-refractivity contribution in [3.05, 3.63) is 82.1 Å². The van der Waals surface area contributed by atoms with E-state index in [1.54, 1.807) is 69.3 Å². The number of hydrogen-bond acceptors (Lipinski definition) is 3. The van der Waals surface area contributed by atoms with Crippen LogP contribution < -0.4 is 5.43 Å². The first-order chi connectivity index (χ1) is 14.3. The first-order valence-corrected chi connectivity index (χ1v) is 9.87. The van der Waals surface area contributed by atoms with Crippen LogP contribution in [0.3, 0.4) is 0 Å². The van der Waals surface area contributed by atoms with Crippen LogP contribution in [-0.4, -0.2) is 27.2 Å². The van der Waals surface area contributed by atoms with Crippen LogP contribution in [0.1, 0.15) is 38.3 Å². The molecule has 1 heterocycles. The Bertz CT molecular complexity index is 1180. The van der Waals surface area contributed by atoms with Gasteiger partial charge in [-0.3, -0.25) is 4.79 Å². The first-order valence-electron chi connectivity index (χ1n) is 9.87. The molecule has 0 saturated heterocycles. The van der Waals surface area contributed by atoms with Crippen LogP contribution in [0.2, 0.25) is 0 Å². The zero-order valence-corrected chi connectivity index (χ0v) is 17.6. The lowest BCUT2D eigenvalue weighted by molar-refractivity contribution is -0.271. The molecule has 3 aromatic rings. The Labute approximate surface area is 178 Å². The van der Waals surface area contributed by atoms with Gasteiger partial charge in [0.1, 0.15) is 0 Å². The molecule has 0 aliphatic rings. The van der Waals surface area contributed by atoms with Crippen molar-refractivity contribution in [2.75, 3.05) is 0 Å². The topological polar surface area (TPSA) is 66.1 Å². The van der Waals surface area contributed by atoms with Crippen LogP contribution in [0.4, 0.5) is 13.2 Å². The molecular weight excluding hydrogens is 405 g/mol. The number of para-hydroxylation sites is 1.